The molecule has 1 rings (SSSR count). The van der Waals surface area contributed by atoms with Crippen molar-refractivity contribution in [2.75, 3.05) is 0 Å². The summed E-state index contributed by atoms with van der Waals surface area (Å²) in [6.45, 7) is 4.10. The van der Waals surface area contributed by atoms with Crippen LogP contribution in [0, 0.1) is 5.92 Å². The van der Waals surface area contributed by atoms with E-state index in [0.717, 1.165) is 0 Å². The molecule has 144 valence electrons. The molecule has 1 saturated heterocycles. The molecule has 0 saturated carbocycles. The van der Waals surface area contributed by atoms with Crippen molar-refractivity contribution in [1.29, 1.82) is 0 Å². The summed E-state index contributed by atoms with van der Waals surface area (Å²) in [5.74, 6) is -1.89. The SMILES string of the molecule is CC(C)CC(OC(=O)C(C)(I)C1N[I-]1)C(O)(C(F)(F)F)C(F)(F)F. The van der Waals surface area contributed by atoms with E-state index in [2.05, 4.69) is 8.27 Å². The zero-order valence-corrected chi connectivity index (χ0v) is 17.0. The average molecular weight is 590 g/mol. The number of ether oxygens (including phenoxy) is 1. The molecular formula is C12H16F6I2NO3-. The van der Waals surface area contributed by atoms with E-state index in [1.807, 2.05) is 0 Å². The summed E-state index contributed by atoms with van der Waals surface area (Å²) in [4.78, 5) is 12.1. The summed E-state index contributed by atoms with van der Waals surface area (Å²) in [5, 5.41) is 9.52. The molecule has 3 atom stereocenters. The van der Waals surface area contributed by atoms with Crippen molar-refractivity contribution in [3.63, 3.8) is 0 Å². The number of halogens is 8. The molecule has 1 heterocycles. The Bertz CT molecular complexity index is 462. The van der Waals surface area contributed by atoms with Gasteiger partial charge in [-0.2, -0.15) is 0 Å². The van der Waals surface area contributed by atoms with Crippen molar-refractivity contribution in [3.05, 3.63) is 0 Å². The number of nitrogens with one attached hydrogen (secondary N) is 1. The van der Waals surface area contributed by atoms with Crippen molar-refractivity contribution < 1.29 is 62.5 Å². The number of hydrogen-bond acceptors (Lipinski definition) is 4. The molecule has 1 fully saturated rings. The van der Waals surface area contributed by atoms with Gasteiger partial charge >= 0.3 is 159 Å². The van der Waals surface area contributed by atoms with Gasteiger partial charge in [0.25, 0.3) is 0 Å². The summed E-state index contributed by atoms with van der Waals surface area (Å²) < 4.78 is 84.2. The molecule has 12 heteroatoms. The number of hydrogen-bond donors (Lipinski definition) is 2. The van der Waals surface area contributed by atoms with Crippen LogP contribution in [0.15, 0.2) is 0 Å². The number of esters is 1. The van der Waals surface area contributed by atoms with Gasteiger partial charge in [0.05, 0.1) is 0 Å². The van der Waals surface area contributed by atoms with Crippen molar-refractivity contribution in [2.45, 2.75) is 58.7 Å². The molecule has 0 bridgehead atoms. The molecule has 0 aliphatic carbocycles. The van der Waals surface area contributed by atoms with Gasteiger partial charge in [0, 0.05) is 0 Å². The summed E-state index contributed by atoms with van der Waals surface area (Å²) in [7, 11) is 0. The summed E-state index contributed by atoms with van der Waals surface area (Å²) >= 11 is 1.10. The Hall–Kier alpha value is 0.430. The van der Waals surface area contributed by atoms with E-state index in [1.54, 1.807) is 22.6 Å². The molecule has 1 aliphatic rings. The molecule has 24 heavy (non-hydrogen) atoms. The Balaban J connectivity index is 3.21. The van der Waals surface area contributed by atoms with E-state index < -0.39 is 67.3 Å². The number of alkyl halides is 8. The average Bonchev–Trinajstić information content (AvgIpc) is 3.17. The quantitative estimate of drug-likeness (QED) is 0.0866. The maximum absolute atomic E-state index is 13.0. The molecule has 0 aromatic rings. The fourth-order valence-corrected chi connectivity index (χ4v) is 5.15. The molecule has 0 radical (unpaired) electrons. The van der Waals surface area contributed by atoms with Gasteiger partial charge in [-0.05, 0) is 0 Å². The second-order valence-electron chi connectivity index (χ2n) is 5.94. The van der Waals surface area contributed by atoms with Crippen LogP contribution in [0.3, 0.4) is 0 Å². The second-order valence-corrected chi connectivity index (χ2v) is 10.7. The van der Waals surface area contributed by atoms with Gasteiger partial charge in [0.2, 0.25) is 0 Å². The number of carbonyl (C=O) groups excluding carboxylic acids is 1. The molecule has 0 spiro atoms. The Morgan fingerprint density at radius 1 is 1.25 bits per heavy atom. The van der Waals surface area contributed by atoms with Crippen molar-refractivity contribution in [2.24, 2.45) is 5.92 Å². The second kappa shape index (κ2) is 7.21. The minimum absolute atomic E-state index is 0.297. The Morgan fingerprint density at radius 2 is 1.67 bits per heavy atom. The summed E-state index contributed by atoms with van der Waals surface area (Å²) in [5.41, 5.74) is -5.13. The third kappa shape index (κ3) is 4.58. The van der Waals surface area contributed by atoms with Gasteiger partial charge in [-0.25, -0.2) is 0 Å². The molecule has 0 amide bonds. The van der Waals surface area contributed by atoms with E-state index >= 15 is 0 Å². The van der Waals surface area contributed by atoms with E-state index in [0.29, 0.717) is 0 Å². The fourth-order valence-electron chi connectivity index (χ4n) is 1.84. The monoisotopic (exact) mass is 590 g/mol. The predicted molar refractivity (Wildman–Crippen MR) is 75.7 cm³/mol. The molecule has 0 aromatic carbocycles. The minimum atomic E-state index is -6.04. The zero-order chi connectivity index (χ0) is 19.1. The van der Waals surface area contributed by atoms with E-state index in [-0.39, 0.29) is 4.05 Å². The van der Waals surface area contributed by atoms with Gasteiger partial charge < -0.3 is 0 Å². The standard InChI is InChI=1S/C12H16F6I2NO3/c1-5(2)4-6(10(23,11(13,14)15)12(16,17)18)24-8(22)9(3,19)7-20-21-7/h5-7,21,23H,4H2,1-3H3/q-1. The molecule has 0 aromatic heterocycles. The van der Waals surface area contributed by atoms with Crippen molar-refractivity contribution in [3.8, 4) is 0 Å². The number of carbonyl (C=O) groups is 1. The van der Waals surface area contributed by atoms with Gasteiger partial charge in [-0.15, -0.1) is 0 Å². The van der Waals surface area contributed by atoms with Crippen LogP contribution in [-0.2, 0) is 9.53 Å². The molecular weight excluding hydrogens is 574 g/mol. The number of aliphatic hydroxyl groups is 1. The van der Waals surface area contributed by atoms with Gasteiger partial charge in [-0.1, -0.05) is 0 Å². The van der Waals surface area contributed by atoms with E-state index in [9.17, 15) is 36.2 Å². The molecule has 4 nitrogen and oxygen atoms in total. The predicted octanol–water partition coefficient (Wildman–Crippen LogP) is -0.0730. The Kier molecular flexibility index (Phi) is 6.75. The first-order valence-corrected chi connectivity index (χ1v) is 10.1. The Labute approximate surface area is 158 Å². The van der Waals surface area contributed by atoms with Crippen LogP contribution in [0.4, 0.5) is 26.3 Å². The molecule has 3 unspecified atom stereocenters. The first-order valence-electron chi connectivity index (χ1n) is 6.68. The first kappa shape index (κ1) is 22.5. The van der Waals surface area contributed by atoms with Crippen molar-refractivity contribution in [1.82, 2.24) is 3.53 Å². The maximum atomic E-state index is 13.0. The first-order chi connectivity index (χ1) is 10.5. The third-order valence-electron chi connectivity index (χ3n) is 3.36. The van der Waals surface area contributed by atoms with Crippen LogP contribution < -0.4 is 25.0 Å². The van der Waals surface area contributed by atoms with Crippen LogP contribution in [0.1, 0.15) is 27.2 Å². The topological polar surface area (TPSA) is 68.5 Å². The van der Waals surface area contributed by atoms with Gasteiger partial charge in [0.1, 0.15) is 0 Å². The van der Waals surface area contributed by atoms with E-state index in [1.165, 1.54) is 20.8 Å². The normalized spacial score (nSPS) is 23.2. The van der Waals surface area contributed by atoms with Gasteiger partial charge in [-0.3, -0.25) is 0 Å². The van der Waals surface area contributed by atoms with Crippen LogP contribution in [0.25, 0.3) is 0 Å². The van der Waals surface area contributed by atoms with Crippen LogP contribution >= 0.6 is 22.6 Å². The zero-order valence-electron chi connectivity index (χ0n) is 12.7. The summed E-state index contributed by atoms with van der Waals surface area (Å²) in [6, 6.07) is 0. The van der Waals surface area contributed by atoms with Crippen LogP contribution in [0.5, 0.6) is 0 Å². The molecule has 2 N–H and O–H groups in total. The van der Waals surface area contributed by atoms with Crippen LogP contribution in [0.2, 0.25) is 0 Å². The molecule has 1 aliphatic heterocycles. The summed E-state index contributed by atoms with van der Waals surface area (Å²) in [6.07, 6.45) is -15.7. The van der Waals surface area contributed by atoms with Crippen molar-refractivity contribution >= 4 is 28.6 Å². The van der Waals surface area contributed by atoms with Crippen LogP contribution in [-0.4, -0.2) is 42.6 Å². The number of rotatable bonds is 6. The third-order valence-corrected chi connectivity index (χ3v) is 8.10. The van der Waals surface area contributed by atoms with Gasteiger partial charge in [0.15, 0.2) is 0 Å². The fraction of sp³-hybridized carbons (Fsp3) is 0.917. The Morgan fingerprint density at radius 3 is 1.96 bits per heavy atom. The van der Waals surface area contributed by atoms with E-state index in [4.69, 9.17) is 0 Å².